The molecule has 0 spiro atoms. The number of anilines is 1. The summed E-state index contributed by atoms with van der Waals surface area (Å²) in [6.07, 6.45) is -0.216. The molecular weight excluding hydrogens is 278 g/mol. The SMILES string of the molecule is CC1CN(Cc2ccc(N)cc2)CCN1C(=O)OC(C)(C)C. The van der Waals surface area contributed by atoms with Crippen LogP contribution in [0.15, 0.2) is 24.3 Å². The third-order valence-electron chi connectivity index (χ3n) is 3.73. The molecule has 0 radical (unpaired) electrons. The molecule has 1 aliphatic heterocycles. The first-order valence-electron chi connectivity index (χ1n) is 7.81. The summed E-state index contributed by atoms with van der Waals surface area (Å²) in [6, 6.07) is 8.11. The molecule has 1 aliphatic rings. The second-order valence-corrected chi connectivity index (χ2v) is 7.00. The number of benzene rings is 1. The minimum Gasteiger partial charge on any atom is -0.444 e. The van der Waals surface area contributed by atoms with Gasteiger partial charge in [-0.2, -0.15) is 0 Å². The van der Waals surface area contributed by atoms with E-state index in [0.29, 0.717) is 6.54 Å². The van der Waals surface area contributed by atoms with Crippen LogP contribution in [0.3, 0.4) is 0 Å². The van der Waals surface area contributed by atoms with Crippen LogP contribution in [0.2, 0.25) is 0 Å². The molecule has 0 bridgehead atoms. The normalized spacial score (nSPS) is 20.0. The van der Waals surface area contributed by atoms with E-state index >= 15 is 0 Å². The second kappa shape index (κ2) is 6.57. The third kappa shape index (κ3) is 4.63. The van der Waals surface area contributed by atoms with Gasteiger partial charge in [0.15, 0.2) is 0 Å². The van der Waals surface area contributed by atoms with E-state index in [4.69, 9.17) is 10.5 Å². The molecule has 1 atom stereocenters. The predicted molar refractivity (Wildman–Crippen MR) is 88.5 cm³/mol. The molecule has 2 N–H and O–H groups in total. The van der Waals surface area contributed by atoms with Crippen molar-refractivity contribution < 1.29 is 9.53 Å². The zero-order valence-corrected chi connectivity index (χ0v) is 14.0. The van der Waals surface area contributed by atoms with Gasteiger partial charge in [-0.15, -0.1) is 0 Å². The van der Waals surface area contributed by atoms with Crippen LogP contribution in [0, 0.1) is 0 Å². The number of nitrogens with zero attached hydrogens (tertiary/aromatic N) is 2. The van der Waals surface area contributed by atoms with E-state index in [-0.39, 0.29) is 12.1 Å². The third-order valence-corrected chi connectivity index (χ3v) is 3.73. The van der Waals surface area contributed by atoms with Crippen LogP contribution in [0.1, 0.15) is 33.3 Å². The van der Waals surface area contributed by atoms with Gasteiger partial charge in [-0.3, -0.25) is 4.90 Å². The first kappa shape index (κ1) is 16.6. The predicted octanol–water partition coefficient (Wildman–Crippen LogP) is 2.71. The highest BCUT2D eigenvalue weighted by Gasteiger charge is 2.30. The Hall–Kier alpha value is -1.75. The standard InChI is InChI=1S/C17H27N3O2/c1-13-11-19(12-14-5-7-15(18)8-6-14)9-10-20(13)16(21)22-17(2,3)4/h5-8,13H,9-12,18H2,1-4H3. The maximum absolute atomic E-state index is 12.2. The van der Waals surface area contributed by atoms with Crippen LogP contribution in [0.25, 0.3) is 0 Å². The van der Waals surface area contributed by atoms with E-state index in [0.717, 1.165) is 25.3 Å². The van der Waals surface area contributed by atoms with Crippen LogP contribution in [0.5, 0.6) is 0 Å². The molecule has 0 aromatic heterocycles. The minimum absolute atomic E-state index is 0.150. The van der Waals surface area contributed by atoms with Crippen molar-refractivity contribution >= 4 is 11.8 Å². The molecule has 1 unspecified atom stereocenters. The number of piperazine rings is 1. The van der Waals surface area contributed by atoms with Crippen molar-refractivity contribution in [3.63, 3.8) is 0 Å². The Balaban J connectivity index is 1.89. The van der Waals surface area contributed by atoms with Crippen LogP contribution < -0.4 is 5.73 Å². The molecule has 5 nitrogen and oxygen atoms in total. The van der Waals surface area contributed by atoms with E-state index in [1.807, 2.05) is 37.8 Å². The van der Waals surface area contributed by atoms with Gasteiger partial charge in [0.1, 0.15) is 5.60 Å². The molecule has 1 saturated heterocycles. The zero-order chi connectivity index (χ0) is 16.3. The molecule has 5 heteroatoms. The van der Waals surface area contributed by atoms with Gasteiger partial charge in [0.2, 0.25) is 0 Å². The number of carbonyl (C=O) groups is 1. The van der Waals surface area contributed by atoms with Gasteiger partial charge in [-0.25, -0.2) is 4.79 Å². The Bertz CT molecular complexity index is 508. The summed E-state index contributed by atoms with van der Waals surface area (Å²) in [6.45, 7) is 11.0. The van der Waals surface area contributed by atoms with Crippen molar-refractivity contribution in [1.82, 2.24) is 9.80 Å². The number of rotatable bonds is 2. The Kier molecular flexibility index (Phi) is 4.96. The van der Waals surface area contributed by atoms with E-state index in [1.54, 1.807) is 0 Å². The number of amides is 1. The van der Waals surface area contributed by atoms with E-state index in [2.05, 4.69) is 24.0 Å². The van der Waals surface area contributed by atoms with Crippen molar-refractivity contribution in [2.45, 2.75) is 45.9 Å². The molecule has 22 heavy (non-hydrogen) atoms. The number of hydrogen-bond acceptors (Lipinski definition) is 4. The van der Waals surface area contributed by atoms with Crippen molar-refractivity contribution in [3.05, 3.63) is 29.8 Å². The van der Waals surface area contributed by atoms with Crippen molar-refractivity contribution in [3.8, 4) is 0 Å². The lowest BCUT2D eigenvalue weighted by Gasteiger charge is -2.40. The van der Waals surface area contributed by atoms with Crippen molar-refractivity contribution in [1.29, 1.82) is 0 Å². The number of nitrogens with two attached hydrogens (primary N) is 1. The number of ether oxygens (including phenoxy) is 1. The lowest BCUT2D eigenvalue weighted by molar-refractivity contribution is 0.000563. The molecular formula is C17H27N3O2. The fourth-order valence-corrected chi connectivity index (χ4v) is 2.65. The molecule has 1 fully saturated rings. The molecule has 122 valence electrons. The van der Waals surface area contributed by atoms with Gasteiger partial charge < -0.3 is 15.4 Å². The zero-order valence-electron chi connectivity index (χ0n) is 14.0. The van der Waals surface area contributed by atoms with Crippen LogP contribution >= 0.6 is 0 Å². The van der Waals surface area contributed by atoms with E-state index in [9.17, 15) is 4.79 Å². The molecule has 1 heterocycles. The van der Waals surface area contributed by atoms with Crippen LogP contribution in [0.4, 0.5) is 10.5 Å². The summed E-state index contributed by atoms with van der Waals surface area (Å²) in [5.41, 5.74) is 7.29. The fraction of sp³-hybridized carbons (Fsp3) is 0.588. The fourth-order valence-electron chi connectivity index (χ4n) is 2.65. The first-order valence-corrected chi connectivity index (χ1v) is 7.81. The number of nitrogen functional groups attached to an aromatic ring is 1. The Morgan fingerprint density at radius 3 is 2.45 bits per heavy atom. The highest BCUT2D eigenvalue weighted by molar-refractivity contribution is 5.68. The number of carbonyl (C=O) groups excluding carboxylic acids is 1. The van der Waals surface area contributed by atoms with Gasteiger partial charge in [0.25, 0.3) is 0 Å². The molecule has 1 amide bonds. The molecule has 0 aliphatic carbocycles. The van der Waals surface area contributed by atoms with Gasteiger partial charge in [0.05, 0.1) is 0 Å². The summed E-state index contributed by atoms with van der Waals surface area (Å²) in [5, 5.41) is 0. The van der Waals surface area contributed by atoms with E-state index in [1.165, 1.54) is 5.56 Å². The summed E-state index contributed by atoms with van der Waals surface area (Å²) in [7, 11) is 0. The Morgan fingerprint density at radius 1 is 1.27 bits per heavy atom. The van der Waals surface area contributed by atoms with Crippen LogP contribution in [-0.2, 0) is 11.3 Å². The topological polar surface area (TPSA) is 58.8 Å². The molecule has 0 saturated carbocycles. The van der Waals surface area contributed by atoms with Crippen molar-refractivity contribution in [2.75, 3.05) is 25.4 Å². The molecule has 1 aromatic carbocycles. The van der Waals surface area contributed by atoms with Crippen LogP contribution in [-0.4, -0.2) is 47.2 Å². The summed E-state index contributed by atoms with van der Waals surface area (Å²) in [4.78, 5) is 16.4. The molecule has 1 aromatic rings. The second-order valence-electron chi connectivity index (χ2n) is 7.00. The largest absolute Gasteiger partial charge is 0.444 e. The lowest BCUT2D eigenvalue weighted by Crippen LogP contribution is -2.54. The van der Waals surface area contributed by atoms with Gasteiger partial charge in [0, 0.05) is 37.9 Å². The quantitative estimate of drug-likeness (QED) is 0.854. The van der Waals surface area contributed by atoms with Gasteiger partial charge in [-0.1, -0.05) is 12.1 Å². The smallest absolute Gasteiger partial charge is 0.410 e. The van der Waals surface area contributed by atoms with Crippen molar-refractivity contribution in [2.24, 2.45) is 0 Å². The average Bonchev–Trinajstić information content (AvgIpc) is 2.39. The van der Waals surface area contributed by atoms with Gasteiger partial charge in [-0.05, 0) is 45.4 Å². The average molecular weight is 305 g/mol. The lowest BCUT2D eigenvalue weighted by atomic mass is 10.1. The summed E-state index contributed by atoms with van der Waals surface area (Å²) >= 11 is 0. The summed E-state index contributed by atoms with van der Waals surface area (Å²) in [5.74, 6) is 0. The maximum atomic E-state index is 12.2. The monoisotopic (exact) mass is 305 g/mol. The number of hydrogen-bond donors (Lipinski definition) is 1. The highest BCUT2D eigenvalue weighted by Crippen LogP contribution is 2.17. The maximum Gasteiger partial charge on any atom is 0.410 e. The highest BCUT2D eigenvalue weighted by atomic mass is 16.6. The summed E-state index contributed by atoms with van der Waals surface area (Å²) < 4.78 is 5.47. The molecule has 2 rings (SSSR count). The van der Waals surface area contributed by atoms with Gasteiger partial charge >= 0.3 is 6.09 Å². The minimum atomic E-state index is -0.447. The van der Waals surface area contributed by atoms with E-state index < -0.39 is 5.60 Å². The first-order chi connectivity index (χ1) is 10.2. The Morgan fingerprint density at radius 2 is 1.91 bits per heavy atom. The Labute approximate surface area is 133 Å².